The van der Waals surface area contributed by atoms with Gasteiger partial charge in [0.05, 0.1) is 24.8 Å². The fourth-order valence-corrected chi connectivity index (χ4v) is 4.32. The van der Waals surface area contributed by atoms with Crippen LogP contribution in [-0.4, -0.2) is 69.4 Å². The van der Waals surface area contributed by atoms with Gasteiger partial charge in [0.1, 0.15) is 5.70 Å². The molecule has 0 aliphatic carbocycles. The van der Waals surface area contributed by atoms with Gasteiger partial charge in [-0.25, -0.2) is 4.99 Å². The summed E-state index contributed by atoms with van der Waals surface area (Å²) < 4.78 is 47.2. The molecule has 0 aromatic heterocycles. The molecule has 224 valence electrons. The van der Waals surface area contributed by atoms with Crippen LogP contribution in [0.25, 0.3) is 0 Å². The van der Waals surface area contributed by atoms with Crippen molar-refractivity contribution in [1.82, 2.24) is 15.1 Å². The molecule has 42 heavy (non-hydrogen) atoms. The number of methoxy groups -OCH3 is 1. The molecular weight excluding hydrogens is 543 g/mol. The Bertz CT molecular complexity index is 1430. The number of rotatable bonds is 8. The molecule has 1 fully saturated rings. The van der Waals surface area contributed by atoms with E-state index in [0.717, 1.165) is 30.3 Å². The monoisotopic (exact) mass is 581 g/mol. The largest absolute Gasteiger partial charge is 0.501 e. The first kappa shape index (κ1) is 32.4. The van der Waals surface area contributed by atoms with Crippen LogP contribution in [0.1, 0.15) is 46.5 Å². The van der Waals surface area contributed by atoms with Gasteiger partial charge in [-0.15, -0.1) is 0 Å². The lowest BCUT2D eigenvalue weighted by Gasteiger charge is -2.33. The first-order valence-corrected chi connectivity index (χ1v) is 13.6. The van der Waals surface area contributed by atoms with E-state index >= 15 is 0 Å². The summed E-state index contributed by atoms with van der Waals surface area (Å²) in [5, 5.41) is 5.47. The number of halogens is 3. The minimum absolute atomic E-state index is 0.0743. The molecule has 1 saturated heterocycles. The van der Waals surface area contributed by atoms with E-state index in [2.05, 4.69) is 32.4 Å². The zero-order valence-corrected chi connectivity index (χ0v) is 24.9. The van der Waals surface area contributed by atoms with Crippen LogP contribution in [0.4, 0.5) is 18.9 Å². The van der Waals surface area contributed by atoms with Crippen molar-refractivity contribution in [2.75, 3.05) is 52.7 Å². The second-order valence-electron chi connectivity index (χ2n) is 10.2. The number of benzene rings is 2. The maximum absolute atomic E-state index is 14.0. The molecule has 3 rings (SSSR count). The van der Waals surface area contributed by atoms with Crippen LogP contribution in [0.5, 0.6) is 0 Å². The molecule has 2 aromatic rings. The average molecular weight is 582 g/mol. The van der Waals surface area contributed by atoms with Crippen LogP contribution in [-0.2, 0) is 17.5 Å². The number of alkyl halides is 3. The predicted octanol–water partition coefficient (Wildman–Crippen LogP) is 5.44. The summed E-state index contributed by atoms with van der Waals surface area (Å²) in [5.41, 5.74) is 2.52. The maximum Gasteiger partial charge on any atom is 0.416 e. The zero-order valence-electron chi connectivity index (χ0n) is 24.9. The number of aliphatic imine (C=N–C) groups is 1. The standard InChI is InChI=1S/C32H38F3N5O2/c1-22-7-8-26(18-25(22)10-12-30(37-21-36-4)23(2)17-24(3)42-6)31(41)38-28-11-9-27(29(19-28)32(33,34)35)20-40-15-13-39(5)14-16-40/h7-9,11,17-19,21H,13-16,20H2,1-6H3,(H,36,37)(H,38,41)/b24-17+,30-23+. The normalized spacial score (nSPS) is 15.6. The topological polar surface area (TPSA) is 69.2 Å². The number of carbonyl (C=O) groups excluding carboxylic acids is 1. The first-order chi connectivity index (χ1) is 19.9. The summed E-state index contributed by atoms with van der Waals surface area (Å²) in [7, 11) is 5.30. The second kappa shape index (κ2) is 14.7. The van der Waals surface area contributed by atoms with Crippen LogP contribution < -0.4 is 10.6 Å². The number of nitrogens with one attached hydrogen (secondary N) is 2. The van der Waals surface area contributed by atoms with E-state index in [1.165, 1.54) is 18.5 Å². The molecule has 0 spiro atoms. The summed E-state index contributed by atoms with van der Waals surface area (Å²) in [6, 6.07) is 8.96. The van der Waals surface area contributed by atoms with Gasteiger partial charge in [-0.3, -0.25) is 9.69 Å². The molecular formula is C32H38F3N5O2. The average Bonchev–Trinajstić information content (AvgIpc) is 2.95. The van der Waals surface area contributed by atoms with Gasteiger partial charge >= 0.3 is 6.18 Å². The molecule has 10 heteroatoms. The molecule has 1 aliphatic rings. The lowest BCUT2D eigenvalue weighted by molar-refractivity contribution is -0.138. The number of hydrogen-bond acceptors (Lipinski definition) is 5. The third-order valence-electron chi connectivity index (χ3n) is 6.92. The molecule has 0 atom stereocenters. The Morgan fingerprint density at radius 1 is 1.12 bits per heavy atom. The highest BCUT2D eigenvalue weighted by atomic mass is 19.4. The summed E-state index contributed by atoms with van der Waals surface area (Å²) in [5.74, 6) is 6.29. The fourth-order valence-electron chi connectivity index (χ4n) is 4.32. The fraction of sp³-hybridized carbons (Fsp3) is 0.375. The number of anilines is 1. The molecule has 2 N–H and O–H groups in total. The Hall–Kier alpha value is -4.07. The van der Waals surface area contributed by atoms with Gasteiger partial charge < -0.3 is 20.3 Å². The van der Waals surface area contributed by atoms with Gasteiger partial charge in [0, 0.05) is 56.6 Å². The first-order valence-electron chi connectivity index (χ1n) is 13.6. The van der Waals surface area contributed by atoms with Crippen LogP contribution in [0.2, 0.25) is 0 Å². The third-order valence-corrected chi connectivity index (χ3v) is 6.92. The maximum atomic E-state index is 14.0. The lowest BCUT2D eigenvalue weighted by Crippen LogP contribution is -2.44. The highest BCUT2D eigenvalue weighted by molar-refractivity contribution is 6.04. The van der Waals surface area contributed by atoms with E-state index in [4.69, 9.17) is 4.74 Å². The van der Waals surface area contributed by atoms with Crippen molar-refractivity contribution in [3.05, 3.63) is 87.3 Å². The summed E-state index contributed by atoms with van der Waals surface area (Å²) >= 11 is 0. The van der Waals surface area contributed by atoms with Gasteiger partial charge in [0.25, 0.3) is 5.91 Å². The number of allylic oxidation sites excluding steroid dienone is 4. The van der Waals surface area contributed by atoms with E-state index in [0.29, 0.717) is 30.1 Å². The number of hydrogen-bond donors (Lipinski definition) is 2. The molecule has 1 aliphatic heterocycles. The number of carbonyl (C=O) groups is 1. The molecule has 2 aromatic carbocycles. The summed E-state index contributed by atoms with van der Waals surface area (Å²) in [6.45, 7) is 8.77. The van der Waals surface area contributed by atoms with Gasteiger partial charge in [-0.05, 0) is 80.8 Å². The van der Waals surface area contributed by atoms with Crippen molar-refractivity contribution >= 4 is 17.9 Å². The van der Waals surface area contributed by atoms with Crippen molar-refractivity contribution in [1.29, 1.82) is 0 Å². The molecule has 0 bridgehead atoms. The molecule has 0 radical (unpaired) electrons. The number of likely N-dealkylation sites (N-methyl/N-ethyl adjacent to an activating group) is 1. The molecule has 1 amide bonds. The van der Waals surface area contributed by atoms with E-state index in [1.54, 1.807) is 32.4 Å². The Morgan fingerprint density at radius 2 is 1.83 bits per heavy atom. The summed E-state index contributed by atoms with van der Waals surface area (Å²) in [6.07, 6.45) is -1.21. The Labute approximate surface area is 246 Å². The number of piperazine rings is 1. The van der Waals surface area contributed by atoms with Gasteiger partial charge in [-0.1, -0.05) is 18.1 Å². The van der Waals surface area contributed by atoms with Crippen molar-refractivity contribution in [3.63, 3.8) is 0 Å². The molecule has 0 unspecified atom stereocenters. The number of nitrogens with zero attached hydrogens (tertiary/aromatic N) is 3. The molecule has 1 heterocycles. The number of ether oxygens (including phenoxy) is 1. The third kappa shape index (κ3) is 9.23. The summed E-state index contributed by atoms with van der Waals surface area (Å²) in [4.78, 5) is 21.6. The van der Waals surface area contributed by atoms with Crippen molar-refractivity contribution in [2.24, 2.45) is 4.99 Å². The minimum atomic E-state index is -4.55. The predicted molar refractivity (Wildman–Crippen MR) is 161 cm³/mol. The highest BCUT2D eigenvalue weighted by Gasteiger charge is 2.34. The SMILES string of the molecule is CN\C=N/C(C#Cc1cc(C(=O)Nc2ccc(CN3CCN(C)CC3)c(C(F)(F)F)c2)ccc1C)=C(C)/C=C(\C)OC. The number of amides is 1. The molecule has 7 nitrogen and oxygen atoms in total. The van der Waals surface area contributed by atoms with E-state index < -0.39 is 17.6 Å². The Kier molecular flexibility index (Phi) is 11.4. The smallest absolute Gasteiger partial charge is 0.416 e. The highest BCUT2D eigenvalue weighted by Crippen LogP contribution is 2.34. The van der Waals surface area contributed by atoms with Crippen LogP contribution in [0, 0.1) is 18.8 Å². The van der Waals surface area contributed by atoms with E-state index in [-0.39, 0.29) is 23.4 Å². The zero-order chi connectivity index (χ0) is 30.9. The Morgan fingerprint density at radius 3 is 2.48 bits per heavy atom. The van der Waals surface area contributed by atoms with Crippen LogP contribution >= 0.6 is 0 Å². The lowest BCUT2D eigenvalue weighted by atomic mass is 10.0. The Balaban J connectivity index is 1.86. The minimum Gasteiger partial charge on any atom is -0.501 e. The number of aryl methyl sites for hydroxylation is 1. The van der Waals surface area contributed by atoms with E-state index in [1.807, 2.05) is 38.8 Å². The van der Waals surface area contributed by atoms with E-state index in [9.17, 15) is 18.0 Å². The van der Waals surface area contributed by atoms with Crippen molar-refractivity contribution < 1.29 is 22.7 Å². The van der Waals surface area contributed by atoms with Gasteiger partial charge in [0.2, 0.25) is 0 Å². The van der Waals surface area contributed by atoms with Crippen LogP contribution in [0.15, 0.2) is 64.5 Å². The van der Waals surface area contributed by atoms with Crippen molar-refractivity contribution in [2.45, 2.75) is 33.5 Å². The second-order valence-corrected chi connectivity index (χ2v) is 10.2. The van der Waals surface area contributed by atoms with Crippen LogP contribution in [0.3, 0.4) is 0 Å². The van der Waals surface area contributed by atoms with Gasteiger partial charge in [-0.2, -0.15) is 13.2 Å². The van der Waals surface area contributed by atoms with Crippen molar-refractivity contribution in [3.8, 4) is 11.8 Å². The quantitative estimate of drug-likeness (QED) is 0.143. The molecule has 0 saturated carbocycles. The van der Waals surface area contributed by atoms with Gasteiger partial charge in [0.15, 0.2) is 0 Å².